The highest BCUT2D eigenvalue weighted by Gasteiger charge is 2.40. The van der Waals surface area contributed by atoms with Crippen molar-refractivity contribution in [1.82, 2.24) is 19.6 Å². The van der Waals surface area contributed by atoms with Crippen LogP contribution in [0.15, 0.2) is 36.8 Å². The highest BCUT2D eigenvalue weighted by molar-refractivity contribution is 5.67. The Bertz CT molecular complexity index is 1020. The monoisotopic (exact) mass is 417 g/mol. The van der Waals surface area contributed by atoms with Crippen LogP contribution in [0, 0.1) is 5.92 Å². The molecule has 0 aromatic carbocycles. The van der Waals surface area contributed by atoms with Gasteiger partial charge in [-0.05, 0) is 37.0 Å². The van der Waals surface area contributed by atoms with Gasteiger partial charge in [0, 0.05) is 44.7 Å². The van der Waals surface area contributed by atoms with E-state index in [0.29, 0.717) is 49.8 Å². The van der Waals surface area contributed by atoms with E-state index in [1.54, 1.807) is 35.6 Å². The molecular weight excluding hydrogens is 395 g/mol. The van der Waals surface area contributed by atoms with E-state index in [9.17, 15) is 13.2 Å². The molecule has 30 heavy (non-hydrogen) atoms. The smallest absolute Gasteiger partial charge is 0.422 e. The Labute approximate surface area is 171 Å². The van der Waals surface area contributed by atoms with Gasteiger partial charge in [-0.1, -0.05) is 0 Å². The van der Waals surface area contributed by atoms with Crippen LogP contribution in [0.3, 0.4) is 0 Å². The summed E-state index contributed by atoms with van der Waals surface area (Å²) in [5.41, 5.74) is -0.643. The Morgan fingerprint density at radius 2 is 1.87 bits per heavy atom. The summed E-state index contributed by atoms with van der Waals surface area (Å²) in [6.07, 6.45) is 4.60. The largest absolute Gasteiger partial charge is 0.489 e. The second-order valence-electron chi connectivity index (χ2n) is 8.02. The second kappa shape index (κ2) is 7.45. The molecule has 1 aliphatic carbocycles. The Morgan fingerprint density at radius 3 is 2.53 bits per heavy atom. The molecule has 0 N–H and O–H groups in total. The lowest BCUT2D eigenvalue weighted by Crippen LogP contribution is -2.39. The molecule has 2 aliphatic rings. The average Bonchev–Trinajstić information content (AvgIpc) is 3.46. The number of ether oxygens (including phenoxy) is 1. The highest BCUT2D eigenvalue weighted by Crippen LogP contribution is 2.40. The highest BCUT2D eigenvalue weighted by atomic mass is 19.4. The number of fused-ring (bicyclic) bond motifs is 1. The maximum atomic E-state index is 14.0. The van der Waals surface area contributed by atoms with Gasteiger partial charge < -0.3 is 9.64 Å². The normalized spacial score (nSPS) is 18.2. The number of pyridine rings is 2. The number of piperidine rings is 1. The lowest BCUT2D eigenvalue weighted by Gasteiger charge is -2.35. The lowest BCUT2D eigenvalue weighted by molar-refractivity contribution is -0.136. The van der Waals surface area contributed by atoms with E-state index in [1.165, 1.54) is 4.40 Å². The average molecular weight is 417 g/mol. The maximum Gasteiger partial charge on any atom is 0.422 e. The minimum absolute atomic E-state index is 0.0400. The molecule has 9 heteroatoms. The SMILES string of the molecule is FC(F)(F)c1c(N2CCC(Oc3cccnc3)CC2)ccn2c(CC3CC3)nnc12. The van der Waals surface area contributed by atoms with E-state index in [-0.39, 0.29) is 17.4 Å². The van der Waals surface area contributed by atoms with Crippen molar-refractivity contribution >= 4 is 11.3 Å². The molecule has 6 nitrogen and oxygen atoms in total. The predicted molar refractivity (Wildman–Crippen MR) is 105 cm³/mol. The second-order valence-corrected chi connectivity index (χ2v) is 8.02. The predicted octanol–water partition coefficient (Wildman–Crippen LogP) is 4.14. The number of hydrogen-bond donors (Lipinski definition) is 0. The molecule has 158 valence electrons. The van der Waals surface area contributed by atoms with Gasteiger partial charge in [0.15, 0.2) is 5.65 Å². The van der Waals surface area contributed by atoms with Gasteiger partial charge in [0.05, 0.1) is 11.9 Å². The summed E-state index contributed by atoms with van der Waals surface area (Å²) < 4.78 is 49.5. The molecule has 3 aromatic rings. The van der Waals surface area contributed by atoms with Crippen molar-refractivity contribution in [3.05, 3.63) is 48.2 Å². The summed E-state index contributed by atoms with van der Waals surface area (Å²) in [6.45, 7) is 0.959. The number of nitrogens with zero attached hydrogens (tertiary/aromatic N) is 5. The first kappa shape index (κ1) is 19.1. The van der Waals surface area contributed by atoms with Crippen molar-refractivity contribution in [2.75, 3.05) is 18.0 Å². The fourth-order valence-electron chi connectivity index (χ4n) is 4.07. The number of rotatable bonds is 5. The van der Waals surface area contributed by atoms with Gasteiger partial charge in [-0.3, -0.25) is 9.38 Å². The maximum absolute atomic E-state index is 14.0. The van der Waals surface area contributed by atoms with Crippen LogP contribution in [0.25, 0.3) is 5.65 Å². The van der Waals surface area contributed by atoms with Crippen LogP contribution < -0.4 is 9.64 Å². The Morgan fingerprint density at radius 1 is 1.07 bits per heavy atom. The Kier molecular flexibility index (Phi) is 4.75. The van der Waals surface area contributed by atoms with Gasteiger partial charge in [0.1, 0.15) is 23.2 Å². The molecule has 0 unspecified atom stereocenters. The van der Waals surface area contributed by atoms with Gasteiger partial charge in [0.25, 0.3) is 0 Å². The van der Waals surface area contributed by atoms with Crippen LogP contribution >= 0.6 is 0 Å². The van der Waals surface area contributed by atoms with Crippen LogP contribution in [0.1, 0.15) is 37.1 Å². The first-order chi connectivity index (χ1) is 14.5. The topological polar surface area (TPSA) is 55.5 Å². The van der Waals surface area contributed by atoms with E-state index in [2.05, 4.69) is 15.2 Å². The quantitative estimate of drug-likeness (QED) is 0.625. The first-order valence-electron chi connectivity index (χ1n) is 10.2. The Hall–Kier alpha value is -2.84. The molecule has 5 rings (SSSR count). The summed E-state index contributed by atoms with van der Waals surface area (Å²) >= 11 is 0. The van der Waals surface area contributed by atoms with Crippen molar-refractivity contribution in [2.24, 2.45) is 5.92 Å². The summed E-state index contributed by atoms with van der Waals surface area (Å²) in [4.78, 5) is 5.81. The summed E-state index contributed by atoms with van der Waals surface area (Å²) in [7, 11) is 0. The van der Waals surface area contributed by atoms with E-state index in [0.717, 1.165) is 12.8 Å². The lowest BCUT2D eigenvalue weighted by atomic mass is 10.1. The third-order valence-corrected chi connectivity index (χ3v) is 5.80. The van der Waals surface area contributed by atoms with Crippen LogP contribution in [-0.2, 0) is 12.6 Å². The van der Waals surface area contributed by atoms with Gasteiger partial charge in [0.2, 0.25) is 0 Å². The summed E-state index contributed by atoms with van der Waals surface area (Å²) in [6, 6.07) is 5.18. The van der Waals surface area contributed by atoms with Gasteiger partial charge in [-0.15, -0.1) is 10.2 Å². The molecule has 2 fully saturated rings. The number of alkyl halides is 3. The zero-order chi connectivity index (χ0) is 20.7. The first-order valence-corrected chi connectivity index (χ1v) is 10.2. The molecule has 0 atom stereocenters. The van der Waals surface area contributed by atoms with Gasteiger partial charge in [-0.2, -0.15) is 13.2 Å². The minimum atomic E-state index is -4.51. The molecule has 0 amide bonds. The number of aromatic nitrogens is 4. The van der Waals surface area contributed by atoms with E-state index >= 15 is 0 Å². The molecule has 0 radical (unpaired) electrons. The fourth-order valence-corrected chi connectivity index (χ4v) is 4.07. The number of anilines is 1. The van der Waals surface area contributed by atoms with Crippen molar-refractivity contribution in [3.63, 3.8) is 0 Å². The van der Waals surface area contributed by atoms with E-state index in [4.69, 9.17) is 4.74 Å². The molecule has 0 bridgehead atoms. The van der Waals surface area contributed by atoms with Crippen LogP contribution in [-0.4, -0.2) is 38.8 Å². The van der Waals surface area contributed by atoms with E-state index in [1.807, 2.05) is 6.07 Å². The fraction of sp³-hybridized carbons (Fsp3) is 0.476. The number of halogens is 3. The molecule has 0 spiro atoms. The van der Waals surface area contributed by atoms with Crippen molar-refractivity contribution < 1.29 is 17.9 Å². The van der Waals surface area contributed by atoms with E-state index < -0.39 is 11.7 Å². The molecule has 1 saturated heterocycles. The van der Waals surface area contributed by atoms with Crippen molar-refractivity contribution in [1.29, 1.82) is 0 Å². The van der Waals surface area contributed by atoms with Crippen molar-refractivity contribution in [3.8, 4) is 5.75 Å². The summed E-state index contributed by atoms with van der Waals surface area (Å²) in [5, 5.41) is 7.99. The van der Waals surface area contributed by atoms with Crippen LogP contribution in [0.2, 0.25) is 0 Å². The minimum Gasteiger partial charge on any atom is -0.489 e. The third kappa shape index (κ3) is 3.80. The molecular formula is C21H22F3N5O. The molecule has 3 aromatic heterocycles. The molecule has 4 heterocycles. The Balaban J connectivity index is 1.38. The van der Waals surface area contributed by atoms with Crippen LogP contribution in [0.5, 0.6) is 5.75 Å². The molecule has 1 aliphatic heterocycles. The molecule has 1 saturated carbocycles. The zero-order valence-electron chi connectivity index (χ0n) is 16.3. The standard InChI is InChI=1S/C21H22F3N5O/c22-21(23,24)19-17(7-11-29-18(12-14-3-4-14)26-27-20(19)29)28-9-5-15(6-10-28)30-16-2-1-8-25-13-16/h1-2,7-8,11,13-15H,3-6,9-10,12H2. The van der Waals surface area contributed by atoms with Gasteiger partial charge in [-0.25, -0.2) is 0 Å². The zero-order valence-corrected chi connectivity index (χ0v) is 16.3. The van der Waals surface area contributed by atoms with Gasteiger partial charge >= 0.3 is 6.18 Å². The van der Waals surface area contributed by atoms with Crippen LogP contribution in [0.4, 0.5) is 18.9 Å². The van der Waals surface area contributed by atoms with Crippen molar-refractivity contribution in [2.45, 2.75) is 44.4 Å². The number of hydrogen-bond acceptors (Lipinski definition) is 5. The third-order valence-electron chi connectivity index (χ3n) is 5.80. The summed E-state index contributed by atoms with van der Waals surface area (Å²) in [5.74, 6) is 1.80.